The van der Waals surface area contributed by atoms with Crippen molar-refractivity contribution in [3.63, 3.8) is 0 Å². The van der Waals surface area contributed by atoms with E-state index in [9.17, 15) is 14.4 Å². The van der Waals surface area contributed by atoms with E-state index < -0.39 is 12.1 Å². The number of carbonyl (C=O) groups is 3. The fourth-order valence-corrected chi connectivity index (χ4v) is 6.05. The third kappa shape index (κ3) is 42.0. The molecule has 0 heterocycles. The molecule has 1 atom stereocenters. The molecule has 0 spiro atoms. The number of rotatable bonds is 40. The Kier molecular flexibility index (Phi) is 42.1. The summed E-state index contributed by atoms with van der Waals surface area (Å²) in [6.45, 7) is 6.35. The van der Waals surface area contributed by atoms with Crippen molar-refractivity contribution in [2.45, 2.75) is 213 Å². The van der Waals surface area contributed by atoms with Gasteiger partial charge in [0, 0.05) is 12.8 Å². The average molecular weight is 781 g/mol. The zero-order chi connectivity index (χ0) is 40.8. The number of carbonyl (C=O) groups excluding carboxylic acids is 3. The second-order valence-electron chi connectivity index (χ2n) is 14.9. The molecular formula is C50H84O6. The number of esters is 3. The molecule has 56 heavy (non-hydrogen) atoms. The highest BCUT2D eigenvalue weighted by molar-refractivity contribution is 5.72. The lowest BCUT2D eigenvalue weighted by molar-refractivity contribution is -0.166. The Morgan fingerprint density at radius 1 is 0.393 bits per heavy atom. The zero-order valence-corrected chi connectivity index (χ0v) is 36.4. The van der Waals surface area contributed by atoms with Crippen LogP contribution in [0.5, 0.6) is 0 Å². The summed E-state index contributed by atoms with van der Waals surface area (Å²) in [6, 6.07) is 0. The van der Waals surface area contributed by atoms with E-state index in [4.69, 9.17) is 14.2 Å². The second kappa shape index (κ2) is 44.6. The molecular weight excluding hydrogens is 697 g/mol. The first kappa shape index (κ1) is 52.9. The van der Waals surface area contributed by atoms with Crippen LogP contribution in [-0.4, -0.2) is 37.2 Å². The number of unbranched alkanes of at least 4 members (excludes halogenated alkanes) is 18. The van der Waals surface area contributed by atoms with Gasteiger partial charge in [0.1, 0.15) is 13.2 Å². The lowest BCUT2D eigenvalue weighted by Gasteiger charge is -2.18. The van der Waals surface area contributed by atoms with Crippen LogP contribution in [-0.2, 0) is 28.6 Å². The molecule has 6 nitrogen and oxygen atoms in total. The molecule has 0 aromatic rings. The van der Waals surface area contributed by atoms with E-state index in [1.807, 2.05) is 6.08 Å². The molecule has 1 unspecified atom stereocenters. The van der Waals surface area contributed by atoms with Gasteiger partial charge in [0.2, 0.25) is 0 Å². The van der Waals surface area contributed by atoms with Crippen molar-refractivity contribution in [1.29, 1.82) is 0 Å². The summed E-state index contributed by atoms with van der Waals surface area (Å²) in [6.07, 6.45) is 54.8. The Hall–Kier alpha value is -3.15. The molecule has 0 N–H and O–H groups in total. The highest BCUT2D eigenvalue weighted by Crippen LogP contribution is 2.14. The summed E-state index contributed by atoms with van der Waals surface area (Å²) in [7, 11) is 0. The van der Waals surface area contributed by atoms with Crippen LogP contribution in [0, 0.1) is 0 Å². The van der Waals surface area contributed by atoms with Gasteiger partial charge in [-0.05, 0) is 64.2 Å². The Bertz CT molecular complexity index is 1080. The van der Waals surface area contributed by atoms with Gasteiger partial charge in [-0.25, -0.2) is 0 Å². The minimum absolute atomic E-state index is 0.109. The molecule has 0 aromatic carbocycles. The topological polar surface area (TPSA) is 78.9 Å². The summed E-state index contributed by atoms with van der Waals surface area (Å²) in [5.41, 5.74) is 0. The van der Waals surface area contributed by atoms with Gasteiger partial charge >= 0.3 is 17.9 Å². The normalized spacial score (nSPS) is 12.7. The number of hydrogen-bond donors (Lipinski definition) is 0. The van der Waals surface area contributed by atoms with Gasteiger partial charge in [-0.1, -0.05) is 196 Å². The van der Waals surface area contributed by atoms with Crippen molar-refractivity contribution < 1.29 is 28.6 Å². The van der Waals surface area contributed by atoms with Crippen LogP contribution in [0.15, 0.2) is 72.9 Å². The summed E-state index contributed by atoms with van der Waals surface area (Å²) >= 11 is 0. The van der Waals surface area contributed by atoms with Crippen LogP contribution in [0.3, 0.4) is 0 Å². The first-order valence-corrected chi connectivity index (χ1v) is 22.9. The van der Waals surface area contributed by atoms with Crippen molar-refractivity contribution in [2.24, 2.45) is 0 Å². The van der Waals surface area contributed by atoms with Crippen molar-refractivity contribution in [1.82, 2.24) is 0 Å². The van der Waals surface area contributed by atoms with Gasteiger partial charge in [-0.15, -0.1) is 0 Å². The van der Waals surface area contributed by atoms with Gasteiger partial charge in [-0.3, -0.25) is 14.4 Å². The van der Waals surface area contributed by atoms with Gasteiger partial charge < -0.3 is 14.2 Å². The Balaban J connectivity index is 4.51. The molecule has 320 valence electrons. The molecule has 0 saturated heterocycles. The van der Waals surface area contributed by atoms with E-state index >= 15 is 0 Å². The maximum Gasteiger partial charge on any atom is 0.309 e. The fourth-order valence-electron chi connectivity index (χ4n) is 6.05. The highest BCUT2D eigenvalue weighted by Gasteiger charge is 2.19. The largest absolute Gasteiger partial charge is 0.462 e. The summed E-state index contributed by atoms with van der Waals surface area (Å²) in [4.78, 5) is 37.7. The van der Waals surface area contributed by atoms with E-state index in [0.717, 1.165) is 89.9 Å². The van der Waals surface area contributed by atoms with Crippen molar-refractivity contribution in [3.05, 3.63) is 72.9 Å². The van der Waals surface area contributed by atoms with Crippen molar-refractivity contribution in [2.75, 3.05) is 13.2 Å². The van der Waals surface area contributed by atoms with E-state index in [-0.39, 0.29) is 31.6 Å². The Morgan fingerprint density at radius 3 is 1.30 bits per heavy atom. The smallest absolute Gasteiger partial charge is 0.309 e. The van der Waals surface area contributed by atoms with Crippen LogP contribution < -0.4 is 0 Å². The summed E-state index contributed by atoms with van der Waals surface area (Å²) < 4.78 is 16.6. The lowest BCUT2D eigenvalue weighted by atomic mass is 10.0. The molecule has 0 fully saturated rings. The molecule has 0 aliphatic rings. The minimum atomic E-state index is -0.813. The van der Waals surface area contributed by atoms with Gasteiger partial charge in [-0.2, -0.15) is 0 Å². The van der Waals surface area contributed by atoms with Crippen LogP contribution >= 0.6 is 0 Å². The molecule has 0 amide bonds. The van der Waals surface area contributed by atoms with E-state index in [0.29, 0.717) is 12.8 Å². The van der Waals surface area contributed by atoms with Gasteiger partial charge in [0.25, 0.3) is 0 Å². The van der Waals surface area contributed by atoms with Crippen molar-refractivity contribution >= 4 is 17.9 Å². The first-order chi connectivity index (χ1) is 27.5. The van der Waals surface area contributed by atoms with Crippen LogP contribution in [0.25, 0.3) is 0 Å². The molecule has 0 radical (unpaired) electrons. The number of ether oxygens (including phenoxy) is 3. The van der Waals surface area contributed by atoms with E-state index in [1.54, 1.807) is 6.08 Å². The van der Waals surface area contributed by atoms with Gasteiger partial charge in [0.15, 0.2) is 6.10 Å². The zero-order valence-electron chi connectivity index (χ0n) is 36.4. The maximum absolute atomic E-state index is 12.7. The molecule has 0 saturated carbocycles. The minimum Gasteiger partial charge on any atom is -0.462 e. The number of allylic oxidation sites excluding steroid dienone is 11. The van der Waals surface area contributed by atoms with Gasteiger partial charge in [0.05, 0.1) is 6.42 Å². The highest BCUT2D eigenvalue weighted by atomic mass is 16.6. The lowest BCUT2D eigenvalue weighted by Crippen LogP contribution is -2.30. The average Bonchev–Trinajstić information content (AvgIpc) is 3.19. The maximum atomic E-state index is 12.7. The third-order valence-electron chi connectivity index (χ3n) is 9.46. The second-order valence-corrected chi connectivity index (χ2v) is 14.9. The summed E-state index contributed by atoms with van der Waals surface area (Å²) in [5.74, 6) is -1.06. The molecule has 0 aromatic heterocycles. The molecule has 0 rings (SSSR count). The van der Waals surface area contributed by atoms with Crippen LogP contribution in [0.2, 0.25) is 0 Å². The molecule has 6 heteroatoms. The van der Waals surface area contributed by atoms with E-state index in [2.05, 4.69) is 81.5 Å². The van der Waals surface area contributed by atoms with E-state index in [1.165, 1.54) is 77.0 Å². The molecule has 0 bridgehead atoms. The Morgan fingerprint density at radius 2 is 0.804 bits per heavy atom. The molecule has 0 aliphatic carbocycles. The monoisotopic (exact) mass is 781 g/mol. The Labute approximate surface area is 344 Å². The molecule has 0 aliphatic heterocycles. The SMILES string of the molecule is CC/C=C\C/C=C\C/C=C\C/C=C\C/C=C\CC(=O)OCC(COC(=O)CCCCCCC/C=C\CCC)OC(=O)CCCCCCCCCCCCCCC. The predicted octanol–water partition coefficient (Wildman–Crippen LogP) is 14.7. The van der Waals surface area contributed by atoms with Crippen LogP contribution in [0.4, 0.5) is 0 Å². The van der Waals surface area contributed by atoms with Crippen molar-refractivity contribution in [3.8, 4) is 0 Å². The first-order valence-electron chi connectivity index (χ1n) is 22.9. The summed E-state index contributed by atoms with van der Waals surface area (Å²) in [5, 5.41) is 0. The quantitative estimate of drug-likeness (QED) is 0.0267. The fraction of sp³-hybridized carbons (Fsp3) is 0.700. The number of hydrogen-bond acceptors (Lipinski definition) is 6. The third-order valence-corrected chi connectivity index (χ3v) is 9.46. The predicted molar refractivity (Wildman–Crippen MR) is 238 cm³/mol. The van der Waals surface area contributed by atoms with Crippen LogP contribution in [0.1, 0.15) is 207 Å². The standard InChI is InChI=1S/C50H84O6/c1-4-7-10-13-16-19-22-24-25-27-28-31-34-37-40-43-49(52)55-46-47(45-54-48(51)42-39-36-33-30-21-18-15-12-9-6-3)56-50(53)44-41-38-35-32-29-26-23-20-17-14-11-8-5-2/h7,10,12,15-16,19,24-25,28,31,37,40,47H,4-6,8-9,11,13-14,17-18,20-23,26-27,29-30,32-36,38-39,41-46H2,1-3H3/b10-7-,15-12-,19-16-,25-24-,31-28-,40-37-.